The van der Waals surface area contributed by atoms with Crippen molar-refractivity contribution in [3.63, 3.8) is 0 Å². The molecule has 0 bridgehead atoms. The molecule has 0 saturated heterocycles. The van der Waals surface area contributed by atoms with E-state index >= 15 is 0 Å². The van der Waals surface area contributed by atoms with Crippen LogP contribution in [0.25, 0.3) is 11.4 Å². The molecule has 0 fully saturated rings. The Morgan fingerprint density at radius 2 is 2.16 bits per heavy atom. The summed E-state index contributed by atoms with van der Waals surface area (Å²) < 4.78 is 11.1. The van der Waals surface area contributed by atoms with Crippen molar-refractivity contribution in [1.29, 1.82) is 0 Å². The van der Waals surface area contributed by atoms with E-state index in [2.05, 4.69) is 31.4 Å². The van der Waals surface area contributed by atoms with E-state index in [1.165, 1.54) is 13.2 Å². The summed E-state index contributed by atoms with van der Waals surface area (Å²) in [7, 11) is 1.51. The Hall–Kier alpha value is -2.38. The van der Waals surface area contributed by atoms with Gasteiger partial charge in [-0.3, -0.25) is 4.79 Å². The number of methoxy groups -OCH3 is 1. The van der Waals surface area contributed by atoms with Crippen LogP contribution in [-0.2, 0) is 6.54 Å². The van der Waals surface area contributed by atoms with Crippen LogP contribution < -0.4 is 10.1 Å². The molecule has 1 amide bonds. The summed E-state index contributed by atoms with van der Waals surface area (Å²) >= 11 is 9.42. The number of halogens is 2. The van der Waals surface area contributed by atoms with Gasteiger partial charge in [-0.2, -0.15) is 4.98 Å². The molecule has 2 aromatic carbocycles. The first-order chi connectivity index (χ1) is 12.1. The van der Waals surface area contributed by atoms with Gasteiger partial charge in [0, 0.05) is 15.6 Å². The average molecular weight is 423 g/mol. The minimum absolute atomic E-state index is 0.115. The highest BCUT2D eigenvalue weighted by Crippen LogP contribution is 2.25. The Labute approximate surface area is 157 Å². The lowest BCUT2D eigenvalue weighted by atomic mass is 10.2. The fourth-order valence-corrected chi connectivity index (χ4v) is 2.79. The predicted molar refractivity (Wildman–Crippen MR) is 96.6 cm³/mol. The Morgan fingerprint density at radius 1 is 1.32 bits per heavy atom. The van der Waals surface area contributed by atoms with Crippen LogP contribution in [0.4, 0.5) is 0 Å². The van der Waals surface area contributed by atoms with E-state index in [4.69, 9.17) is 20.9 Å². The molecule has 0 spiro atoms. The highest BCUT2D eigenvalue weighted by molar-refractivity contribution is 9.10. The molecule has 6 nitrogen and oxygen atoms in total. The van der Waals surface area contributed by atoms with Crippen LogP contribution in [0, 0.1) is 0 Å². The molecule has 8 heteroatoms. The molecule has 1 N–H and O–H groups in total. The third-order valence-electron chi connectivity index (χ3n) is 3.37. The van der Waals surface area contributed by atoms with Crippen LogP contribution >= 0.6 is 27.5 Å². The maximum Gasteiger partial charge on any atom is 0.251 e. The predicted octanol–water partition coefficient (Wildman–Crippen LogP) is 4.09. The number of nitrogens with one attached hydrogen (secondary N) is 1. The number of ether oxygens (including phenoxy) is 1. The van der Waals surface area contributed by atoms with E-state index < -0.39 is 0 Å². The largest absolute Gasteiger partial charge is 0.495 e. The van der Waals surface area contributed by atoms with Gasteiger partial charge in [0.2, 0.25) is 11.7 Å². The molecular weight excluding hydrogens is 410 g/mol. The maximum atomic E-state index is 12.2. The lowest BCUT2D eigenvalue weighted by Gasteiger charge is -2.06. The lowest BCUT2D eigenvalue weighted by Crippen LogP contribution is -2.22. The summed E-state index contributed by atoms with van der Waals surface area (Å²) in [6.45, 7) is 0.115. The second-order valence-electron chi connectivity index (χ2n) is 5.05. The van der Waals surface area contributed by atoms with Crippen molar-refractivity contribution in [1.82, 2.24) is 15.5 Å². The number of carbonyl (C=O) groups is 1. The van der Waals surface area contributed by atoms with Gasteiger partial charge in [-0.15, -0.1) is 0 Å². The van der Waals surface area contributed by atoms with Crippen molar-refractivity contribution >= 4 is 33.4 Å². The van der Waals surface area contributed by atoms with E-state index in [0.717, 1.165) is 10.0 Å². The third kappa shape index (κ3) is 4.18. The topological polar surface area (TPSA) is 77.2 Å². The van der Waals surface area contributed by atoms with Gasteiger partial charge in [-0.25, -0.2) is 0 Å². The van der Waals surface area contributed by atoms with Gasteiger partial charge >= 0.3 is 0 Å². The molecule has 1 aromatic heterocycles. The zero-order valence-corrected chi connectivity index (χ0v) is 15.5. The smallest absolute Gasteiger partial charge is 0.251 e. The van der Waals surface area contributed by atoms with Gasteiger partial charge in [-0.1, -0.05) is 44.8 Å². The monoisotopic (exact) mass is 421 g/mol. The summed E-state index contributed by atoms with van der Waals surface area (Å²) in [5, 5.41) is 7.00. The van der Waals surface area contributed by atoms with E-state index in [9.17, 15) is 4.79 Å². The van der Waals surface area contributed by atoms with Crippen LogP contribution in [0.15, 0.2) is 51.5 Å². The number of aromatic nitrogens is 2. The van der Waals surface area contributed by atoms with Crippen molar-refractivity contribution in [2.75, 3.05) is 7.11 Å². The highest BCUT2D eigenvalue weighted by atomic mass is 79.9. The lowest BCUT2D eigenvalue weighted by molar-refractivity contribution is 0.0946. The molecule has 3 rings (SSSR count). The zero-order chi connectivity index (χ0) is 17.8. The Morgan fingerprint density at radius 3 is 2.88 bits per heavy atom. The van der Waals surface area contributed by atoms with Gasteiger partial charge in [0.05, 0.1) is 18.7 Å². The van der Waals surface area contributed by atoms with Crippen LogP contribution in [0.5, 0.6) is 5.75 Å². The molecule has 0 atom stereocenters. The van der Waals surface area contributed by atoms with Gasteiger partial charge in [0.15, 0.2) is 0 Å². The molecule has 0 aliphatic rings. The van der Waals surface area contributed by atoms with Crippen molar-refractivity contribution in [3.05, 3.63) is 63.4 Å². The summed E-state index contributed by atoms with van der Waals surface area (Å²) in [4.78, 5) is 16.5. The molecule has 1 heterocycles. The van der Waals surface area contributed by atoms with Crippen LogP contribution in [0.2, 0.25) is 5.02 Å². The van der Waals surface area contributed by atoms with Crippen molar-refractivity contribution in [3.8, 4) is 17.1 Å². The normalized spacial score (nSPS) is 10.5. The first kappa shape index (κ1) is 17.4. The SMILES string of the molecule is COc1ccc(C(=O)NCc2nc(-c3cccc(Br)c3)no2)cc1Cl. The Balaban J connectivity index is 1.66. The number of carbonyl (C=O) groups excluding carboxylic acids is 1. The number of rotatable bonds is 5. The summed E-state index contributed by atoms with van der Waals surface area (Å²) in [6.07, 6.45) is 0. The van der Waals surface area contributed by atoms with E-state index in [-0.39, 0.29) is 12.5 Å². The van der Waals surface area contributed by atoms with Crippen LogP contribution in [0.3, 0.4) is 0 Å². The number of benzene rings is 2. The van der Waals surface area contributed by atoms with Crippen LogP contribution in [-0.4, -0.2) is 23.2 Å². The Kier molecular flexibility index (Phi) is 5.35. The fourth-order valence-electron chi connectivity index (χ4n) is 2.14. The minimum Gasteiger partial charge on any atom is -0.495 e. The fraction of sp³-hybridized carbons (Fsp3) is 0.118. The second kappa shape index (κ2) is 7.67. The highest BCUT2D eigenvalue weighted by Gasteiger charge is 2.12. The molecule has 0 radical (unpaired) electrons. The molecule has 3 aromatic rings. The minimum atomic E-state index is -0.299. The van der Waals surface area contributed by atoms with Crippen molar-refractivity contribution in [2.45, 2.75) is 6.54 Å². The maximum absolute atomic E-state index is 12.2. The third-order valence-corrected chi connectivity index (χ3v) is 4.15. The van der Waals surface area contributed by atoms with E-state index in [1.54, 1.807) is 12.1 Å². The zero-order valence-electron chi connectivity index (χ0n) is 13.1. The molecule has 0 saturated carbocycles. The summed E-state index contributed by atoms with van der Waals surface area (Å²) in [6, 6.07) is 12.3. The van der Waals surface area contributed by atoms with E-state index in [0.29, 0.717) is 28.1 Å². The number of nitrogens with zero attached hydrogens (tertiary/aromatic N) is 2. The molecule has 25 heavy (non-hydrogen) atoms. The average Bonchev–Trinajstić information content (AvgIpc) is 3.08. The molecule has 0 unspecified atom stereocenters. The molecule has 0 aliphatic heterocycles. The molecular formula is C17H13BrClN3O3. The molecule has 0 aliphatic carbocycles. The second-order valence-corrected chi connectivity index (χ2v) is 6.38. The standard InChI is InChI=1S/C17H13BrClN3O3/c1-24-14-6-5-11(8-13(14)19)17(23)20-9-15-21-16(22-25-15)10-3-2-4-12(18)7-10/h2-8H,9H2,1H3,(H,20,23). The molecule has 128 valence electrons. The van der Waals surface area contributed by atoms with Gasteiger partial charge < -0.3 is 14.6 Å². The number of amides is 1. The van der Waals surface area contributed by atoms with Gasteiger partial charge in [-0.05, 0) is 30.3 Å². The summed E-state index contributed by atoms with van der Waals surface area (Å²) in [5.41, 5.74) is 1.23. The number of hydrogen-bond donors (Lipinski definition) is 1. The van der Waals surface area contributed by atoms with Crippen LogP contribution in [0.1, 0.15) is 16.2 Å². The van der Waals surface area contributed by atoms with Crippen molar-refractivity contribution in [2.24, 2.45) is 0 Å². The Bertz CT molecular complexity index is 914. The number of hydrogen-bond acceptors (Lipinski definition) is 5. The van der Waals surface area contributed by atoms with Gasteiger partial charge in [0.1, 0.15) is 5.75 Å². The quantitative estimate of drug-likeness (QED) is 0.670. The van der Waals surface area contributed by atoms with Gasteiger partial charge in [0.25, 0.3) is 5.91 Å². The first-order valence-corrected chi connectivity index (χ1v) is 8.44. The van der Waals surface area contributed by atoms with Crippen molar-refractivity contribution < 1.29 is 14.1 Å². The van der Waals surface area contributed by atoms with E-state index in [1.807, 2.05) is 24.3 Å². The first-order valence-electron chi connectivity index (χ1n) is 7.27. The summed E-state index contributed by atoms with van der Waals surface area (Å²) in [5.74, 6) is 0.974.